The monoisotopic (exact) mass is 356 g/mol. The Bertz CT molecular complexity index is 699. The van der Waals surface area contributed by atoms with Gasteiger partial charge in [0, 0.05) is 26.4 Å². The van der Waals surface area contributed by atoms with Crippen molar-refractivity contribution in [2.75, 3.05) is 10.6 Å². The van der Waals surface area contributed by atoms with Gasteiger partial charge in [0.15, 0.2) is 0 Å². The molecule has 7 heteroatoms. The molecular formula is C15H11Cl3N2O2. The molecule has 0 fully saturated rings. The largest absolute Gasteiger partial charge is 0.326 e. The zero-order valence-electron chi connectivity index (χ0n) is 11.2. The van der Waals surface area contributed by atoms with E-state index < -0.39 is 11.8 Å². The van der Waals surface area contributed by atoms with Crippen molar-refractivity contribution in [1.82, 2.24) is 0 Å². The summed E-state index contributed by atoms with van der Waals surface area (Å²) < 4.78 is 0. The van der Waals surface area contributed by atoms with Crippen molar-refractivity contribution in [3.8, 4) is 0 Å². The smallest absolute Gasteiger partial charge is 0.233 e. The third kappa shape index (κ3) is 5.22. The van der Waals surface area contributed by atoms with Crippen LogP contribution in [0.5, 0.6) is 0 Å². The minimum Gasteiger partial charge on any atom is -0.326 e. The second-order valence-electron chi connectivity index (χ2n) is 4.44. The van der Waals surface area contributed by atoms with Gasteiger partial charge in [-0.25, -0.2) is 0 Å². The summed E-state index contributed by atoms with van der Waals surface area (Å²) in [5.41, 5.74) is 0.953. The lowest BCUT2D eigenvalue weighted by molar-refractivity contribution is -0.123. The molecule has 0 unspecified atom stereocenters. The SMILES string of the molecule is O=C(CC(=O)Nc1cc(Cl)cc(Cl)c1)Nc1cccc(Cl)c1. The van der Waals surface area contributed by atoms with Crippen molar-refractivity contribution < 1.29 is 9.59 Å². The van der Waals surface area contributed by atoms with E-state index in [0.29, 0.717) is 26.4 Å². The van der Waals surface area contributed by atoms with E-state index in [0.717, 1.165) is 0 Å². The Labute approximate surface area is 142 Å². The number of benzene rings is 2. The van der Waals surface area contributed by atoms with E-state index in [1.807, 2.05) is 0 Å². The van der Waals surface area contributed by atoms with Crippen molar-refractivity contribution >= 4 is 58.0 Å². The van der Waals surface area contributed by atoms with Crippen LogP contribution < -0.4 is 10.6 Å². The fraction of sp³-hybridized carbons (Fsp3) is 0.0667. The van der Waals surface area contributed by atoms with Crippen LogP contribution in [0.2, 0.25) is 15.1 Å². The normalized spacial score (nSPS) is 10.1. The van der Waals surface area contributed by atoms with Crippen LogP contribution in [0.25, 0.3) is 0 Å². The number of halogens is 3. The zero-order valence-corrected chi connectivity index (χ0v) is 13.5. The number of hydrogen-bond donors (Lipinski definition) is 2. The Morgan fingerprint density at radius 2 is 1.32 bits per heavy atom. The fourth-order valence-corrected chi connectivity index (χ4v) is 2.46. The maximum absolute atomic E-state index is 11.8. The van der Waals surface area contributed by atoms with Crippen LogP contribution in [0.3, 0.4) is 0 Å². The predicted molar refractivity (Wildman–Crippen MR) is 89.8 cm³/mol. The molecule has 2 aromatic rings. The summed E-state index contributed by atoms with van der Waals surface area (Å²) in [6.07, 6.45) is -0.337. The lowest BCUT2D eigenvalue weighted by atomic mass is 10.3. The standard InChI is InChI=1S/C15H11Cl3N2O2/c16-9-2-1-3-12(5-9)19-14(21)8-15(22)20-13-6-10(17)4-11(18)7-13/h1-7H,8H2,(H,19,21)(H,20,22). The molecule has 114 valence electrons. The van der Waals surface area contributed by atoms with Crippen molar-refractivity contribution in [2.45, 2.75) is 6.42 Å². The highest BCUT2D eigenvalue weighted by Gasteiger charge is 2.11. The summed E-state index contributed by atoms with van der Waals surface area (Å²) in [6.45, 7) is 0. The second-order valence-corrected chi connectivity index (χ2v) is 5.75. The van der Waals surface area contributed by atoms with Gasteiger partial charge in [0.05, 0.1) is 0 Å². The van der Waals surface area contributed by atoms with Crippen LogP contribution in [-0.4, -0.2) is 11.8 Å². The highest BCUT2D eigenvalue weighted by atomic mass is 35.5. The fourth-order valence-electron chi connectivity index (χ4n) is 1.75. The van der Waals surface area contributed by atoms with Gasteiger partial charge >= 0.3 is 0 Å². The van der Waals surface area contributed by atoms with Gasteiger partial charge < -0.3 is 10.6 Å². The number of carbonyl (C=O) groups excluding carboxylic acids is 2. The zero-order chi connectivity index (χ0) is 16.1. The van der Waals surface area contributed by atoms with Gasteiger partial charge in [0.25, 0.3) is 0 Å². The van der Waals surface area contributed by atoms with E-state index in [9.17, 15) is 9.59 Å². The third-order valence-electron chi connectivity index (χ3n) is 2.58. The minimum atomic E-state index is -0.474. The summed E-state index contributed by atoms with van der Waals surface area (Å²) >= 11 is 17.5. The molecule has 2 N–H and O–H groups in total. The van der Waals surface area contributed by atoms with E-state index in [1.54, 1.807) is 42.5 Å². The predicted octanol–water partition coefficient (Wildman–Crippen LogP) is 4.61. The summed E-state index contributed by atoms with van der Waals surface area (Å²) in [4.78, 5) is 23.6. The first-order valence-corrected chi connectivity index (χ1v) is 7.37. The lowest BCUT2D eigenvalue weighted by Crippen LogP contribution is -2.21. The Kier molecular flexibility index (Phi) is 5.66. The van der Waals surface area contributed by atoms with Crippen molar-refractivity contribution in [2.24, 2.45) is 0 Å². The van der Waals surface area contributed by atoms with Gasteiger partial charge in [-0.1, -0.05) is 40.9 Å². The molecule has 0 bridgehead atoms. The Morgan fingerprint density at radius 1 is 0.773 bits per heavy atom. The quantitative estimate of drug-likeness (QED) is 0.785. The van der Waals surface area contributed by atoms with Crippen LogP contribution >= 0.6 is 34.8 Å². The second kappa shape index (κ2) is 7.49. The summed E-state index contributed by atoms with van der Waals surface area (Å²) in [5, 5.41) is 6.43. The van der Waals surface area contributed by atoms with Crippen molar-refractivity contribution in [3.05, 3.63) is 57.5 Å². The Morgan fingerprint density at radius 3 is 1.91 bits per heavy atom. The molecule has 2 aromatic carbocycles. The number of nitrogens with one attached hydrogen (secondary N) is 2. The van der Waals surface area contributed by atoms with Crippen molar-refractivity contribution in [3.63, 3.8) is 0 Å². The van der Waals surface area contributed by atoms with E-state index in [-0.39, 0.29) is 6.42 Å². The molecule has 2 rings (SSSR count). The lowest BCUT2D eigenvalue weighted by Gasteiger charge is -2.07. The maximum Gasteiger partial charge on any atom is 0.233 e. The minimum absolute atomic E-state index is 0.337. The molecule has 0 radical (unpaired) electrons. The maximum atomic E-state index is 11.8. The van der Waals surface area contributed by atoms with Gasteiger partial charge in [-0.05, 0) is 36.4 Å². The topological polar surface area (TPSA) is 58.2 Å². The number of hydrogen-bond acceptors (Lipinski definition) is 2. The van der Waals surface area contributed by atoms with Crippen LogP contribution in [0, 0.1) is 0 Å². The molecule has 0 aliphatic rings. The first-order chi connectivity index (χ1) is 10.4. The Balaban J connectivity index is 1.92. The van der Waals surface area contributed by atoms with Crippen molar-refractivity contribution in [1.29, 1.82) is 0 Å². The molecule has 2 amide bonds. The van der Waals surface area contributed by atoms with E-state index in [1.165, 1.54) is 0 Å². The van der Waals surface area contributed by atoms with Gasteiger partial charge in [0.2, 0.25) is 11.8 Å². The first-order valence-electron chi connectivity index (χ1n) is 6.24. The highest BCUT2D eigenvalue weighted by molar-refractivity contribution is 6.35. The molecule has 4 nitrogen and oxygen atoms in total. The molecule has 0 saturated carbocycles. The van der Waals surface area contributed by atoms with Gasteiger partial charge in [0.1, 0.15) is 6.42 Å². The summed E-state index contributed by atoms with van der Waals surface area (Å²) in [5.74, 6) is -0.925. The molecule has 0 spiro atoms. The van der Waals surface area contributed by atoms with E-state index in [2.05, 4.69) is 10.6 Å². The van der Waals surface area contributed by atoms with E-state index in [4.69, 9.17) is 34.8 Å². The molecule has 22 heavy (non-hydrogen) atoms. The molecule has 0 saturated heterocycles. The third-order valence-corrected chi connectivity index (χ3v) is 3.25. The molecule has 0 aliphatic carbocycles. The van der Waals surface area contributed by atoms with Crippen LogP contribution in [-0.2, 0) is 9.59 Å². The average molecular weight is 358 g/mol. The molecule has 0 aromatic heterocycles. The molecule has 0 heterocycles. The summed E-state index contributed by atoms with van der Waals surface area (Å²) in [6, 6.07) is 11.3. The highest BCUT2D eigenvalue weighted by Crippen LogP contribution is 2.22. The van der Waals surface area contributed by atoms with Gasteiger partial charge in [-0.2, -0.15) is 0 Å². The molecular weight excluding hydrogens is 347 g/mol. The number of rotatable bonds is 4. The first kappa shape index (κ1) is 16.6. The summed E-state index contributed by atoms with van der Waals surface area (Å²) in [7, 11) is 0. The van der Waals surface area contributed by atoms with E-state index >= 15 is 0 Å². The van der Waals surface area contributed by atoms with Crippen LogP contribution in [0.1, 0.15) is 6.42 Å². The van der Waals surface area contributed by atoms with Crippen LogP contribution in [0.4, 0.5) is 11.4 Å². The number of carbonyl (C=O) groups is 2. The number of amides is 2. The number of anilines is 2. The molecule has 0 aliphatic heterocycles. The average Bonchev–Trinajstić information content (AvgIpc) is 2.36. The Hall–Kier alpha value is -1.75. The van der Waals surface area contributed by atoms with Gasteiger partial charge in [-0.15, -0.1) is 0 Å². The van der Waals surface area contributed by atoms with Crippen LogP contribution in [0.15, 0.2) is 42.5 Å². The van der Waals surface area contributed by atoms with Gasteiger partial charge in [-0.3, -0.25) is 9.59 Å². The molecule has 0 atom stereocenters.